The average molecular weight is 412 g/mol. The third-order valence-corrected chi connectivity index (χ3v) is 5.52. The number of nitriles is 1. The van der Waals surface area contributed by atoms with Crippen LogP contribution in [0.5, 0.6) is 0 Å². The Hall–Kier alpha value is -3.12. The molecule has 158 valence electrons. The van der Waals surface area contributed by atoms with Crippen molar-refractivity contribution in [3.05, 3.63) is 41.5 Å². The fourth-order valence-electron chi connectivity index (χ4n) is 3.90. The number of hydrogen-bond donors (Lipinski definition) is 2. The minimum atomic E-state index is -0.273. The molecule has 3 atom stereocenters. The summed E-state index contributed by atoms with van der Waals surface area (Å²) in [5.41, 5.74) is 1.48. The zero-order valence-electron chi connectivity index (χ0n) is 17.1. The summed E-state index contributed by atoms with van der Waals surface area (Å²) in [6, 6.07) is 7.26. The topological polar surface area (TPSA) is 113 Å². The first kappa shape index (κ1) is 21.6. The molecule has 2 aromatic rings. The number of amides is 1. The molecule has 1 unspecified atom stereocenters. The number of benzene rings is 1. The second kappa shape index (κ2) is 9.59. The summed E-state index contributed by atoms with van der Waals surface area (Å²) in [5.74, 6) is 0.0595. The Bertz CT molecular complexity index is 967. The van der Waals surface area contributed by atoms with Gasteiger partial charge in [0.15, 0.2) is 5.78 Å². The lowest BCUT2D eigenvalue weighted by molar-refractivity contribution is -0.123. The van der Waals surface area contributed by atoms with Gasteiger partial charge in [-0.05, 0) is 49.3 Å². The second-order valence-electron chi connectivity index (χ2n) is 7.52. The number of piperidine rings is 1. The standard InChI is InChI=1S/C12H12FN3O.C9H13N3O/c1-3-9-4-5-10(6-11(9)13)16-7-12(8(2)17)14-15-16;10-3-4-11-9(13)8-6-1-2-7(5-6)12-8/h4-7H,3H2,1-2H3;6-8,12H,1-2,4-5H2,(H,11,13)/t;6-,7?,8-/m.0/s1. The van der Waals surface area contributed by atoms with Crippen molar-refractivity contribution in [3.8, 4) is 11.8 Å². The highest BCUT2D eigenvalue weighted by molar-refractivity contribution is 5.91. The molecule has 1 aliphatic carbocycles. The van der Waals surface area contributed by atoms with Gasteiger partial charge in [-0.3, -0.25) is 9.59 Å². The Labute approximate surface area is 174 Å². The Kier molecular flexibility index (Phi) is 6.90. The molecule has 1 saturated carbocycles. The summed E-state index contributed by atoms with van der Waals surface area (Å²) in [6.45, 7) is 3.42. The van der Waals surface area contributed by atoms with Crippen molar-refractivity contribution in [1.29, 1.82) is 5.26 Å². The van der Waals surface area contributed by atoms with Gasteiger partial charge in [-0.25, -0.2) is 9.07 Å². The van der Waals surface area contributed by atoms with Crippen LogP contribution in [0.2, 0.25) is 0 Å². The van der Waals surface area contributed by atoms with Gasteiger partial charge in [0.25, 0.3) is 0 Å². The van der Waals surface area contributed by atoms with Gasteiger partial charge in [0.2, 0.25) is 5.91 Å². The number of fused-ring (bicyclic) bond motifs is 2. The van der Waals surface area contributed by atoms with Gasteiger partial charge in [0.1, 0.15) is 18.1 Å². The van der Waals surface area contributed by atoms with E-state index in [2.05, 4.69) is 20.9 Å². The summed E-state index contributed by atoms with van der Waals surface area (Å²) in [4.78, 5) is 22.5. The summed E-state index contributed by atoms with van der Waals surface area (Å²) in [7, 11) is 0. The molecule has 2 heterocycles. The van der Waals surface area contributed by atoms with Crippen LogP contribution in [0.15, 0.2) is 24.4 Å². The normalized spacial score (nSPS) is 21.5. The highest BCUT2D eigenvalue weighted by atomic mass is 19.1. The third-order valence-electron chi connectivity index (χ3n) is 5.52. The number of carbonyl (C=O) groups is 2. The van der Waals surface area contributed by atoms with E-state index >= 15 is 0 Å². The number of aryl methyl sites for hydroxylation is 1. The van der Waals surface area contributed by atoms with Crippen LogP contribution in [-0.2, 0) is 11.2 Å². The van der Waals surface area contributed by atoms with E-state index in [-0.39, 0.29) is 35.8 Å². The van der Waals surface area contributed by atoms with Crippen molar-refractivity contribution < 1.29 is 14.0 Å². The fourth-order valence-corrected chi connectivity index (χ4v) is 3.90. The van der Waals surface area contributed by atoms with Crippen LogP contribution in [0.3, 0.4) is 0 Å². The highest BCUT2D eigenvalue weighted by Crippen LogP contribution is 2.35. The van der Waals surface area contributed by atoms with Gasteiger partial charge in [-0.15, -0.1) is 5.10 Å². The lowest BCUT2D eigenvalue weighted by Gasteiger charge is -2.21. The largest absolute Gasteiger partial charge is 0.342 e. The van der Waals surface area contributed by atoms with Crippen LogP contribution in [0.4, 0.5) is 4.39 Å². The predicted molar refractivity (Wildman–Crippen MR) is 107 cm³/mol. The van der Waals surface area contributed by atoms with Gasteiger partial charge < -0.3 is 10.6 Å². The average Bonchev–Trinajstić information content (AvgIpc) is 3.49. The molecule has 2 aliphatic rings. The van der Waals surface area contributed by atoms with Gasteiger partial charge in [-0.1, -0.05) is 18.2 Å². The van der Waals surface area contributed by atoms with Crippen molar-refractivity contribution in [2.75, 3.05) is 6.54 Å². The fraction of sp³-hybridized carbons (Fsp3) is 0.476. The van der Waals surface area contributed by atoms with E-state index in [1.165, 1.54) is 30.3 Å². The first-order valence-corrected chi connectivity index (χ1v) is 10.1. The zero-order chi connectivity index (χ0) is 21.7. The maximum Gasteiger partial charge on any atom is 0.238 e. The molecule has 0 radical (unpaired) electrons. The molecule has 1 aromatic carbocycles. The van der Waals surface area contributed by atoms with Crippen molar-refractivity contribution in [1.82, 2.24) is 25.6 Å². The molecule has 1 saturated heterocycles. The molecule has 9 heteroatoms. The van der Waals surface area contributed by atoms with E-state index in [1.54, 1.807) is 12.1 Å². The Morgan fingerprint density at radius 1 is 1.40 bits per heavy atom. The number of rotatable bonds is 5. The quantitative estimate of drug-likeness (QED) is 0.573. The molecule has 8 nitrogen and oxygen atoms in total. The van der Waals surface area contributed by atoms with E-state index in [0.717, 1.165) is 12.8 Å². The molecule has 4 rings (SSSR count). The number of hydrogen-bond acceptors (Lipinski definition) is 6. The van der Waals surface area contributed by atoms with Crippen molar-refractivity contribution in [2.45, 2.75) is 51.6 Å². The molecule has 30 heavy (non-hydrogen) atoms. The molecule has 1 amide bonds. The number of Topliss-reactive ketones (excluding diaryl/α,β-unsaturated/α-hetero) is 1. The molecule has 2 fully saturated rings. The summed E-state index contributed by atoms with van der Waals surface area (Å²) >= 11 is 0. The third kappa shape index (κ3) is 4.89. The number of halogens is 1. The first-order chi connectivity index (χ1) is 14.4. The lowest BCUT2D eigenvalue weighted by atomic mass is 9.99. The first-order valence-electron chi connectivity index (χ1n) is 10.1. The van der Waals surface area contributed by atoms with Gasteiger partial charge >= 0.3 is 0 Å². The summed E-state index contributed by atoms with van der Waals surface area (Å²) in [5, 5.41) is 21.7. The second-order valence-corrected chi connectivity index (χ2v) is 7.52. The summed E-state index contributed by atoms with van der Waals surface area (Å²) in [6.07, 6.45) is 5.62. The summed E-state index contributed by atoms with van der Waals surface area (Å²) < 4.78 is 15.0. The van der Waals surface area contributed by atoms with Crippen molar-refractivity contribution in [2.24, 2.45) is 5.92 Å². The number of nitrogens with one attached hydrogen (secondary N) is 2. The van der Waals surface area contributed by atoms with Gasteiger partial charge in [0, 0.05) is 13.0 Å². The van der Waals surface area contributed by atoms with Crippen LogP contribution in [0, 0.1) is 23.1 Å². The van der Waals surface area contributed by atoms with E-state index in [9.17, 15) is 14.0 Å². The minimum absolute atomic E-state index is 0.00579. The number of aromatic nitrogens is 3. The molecular weight excluding hydrogens is 387 g/mol. The molecule has 2 N–H and O–H groups in total. The van der Waals surface area contributed by atoms with E-state index in [1.807, 2.05) is 13.0 Å². The Morgan fingerprint density at radius 3 is 2.73 bits per heavy atom. The lowest BCUT2D eigenvalue weighted by Crippen LogP contribution is -2.47. The van der Waals surface area contributed by atoms with Crippen LogP contribution in [0.1, 0.15) is 49.2 Å². The monoisotopic (exact) mass is 412 g/mol. The number of carbonyl (C=O) groups excluding carboxylic acids is 2. The molecule has 1 aliphatic heterocycles. The minimum Gasteiger partial charge on any atom is -0.342 e. The highest BCUT2D eigenvalue weighted by Gasteiger charge is 2.42. The molecule has 1 aromatic heterocycles. The zero-order valence-corrected chi connectivity index (χ0v) is 17.1. The molecular formula is C21H25FN6O2. The predicted octanol–water partition coefficient (Wildman–Crippen LogP) is 1.94. The van der Waals surface area contributed by atoms with Crippen LogP contribution < -0.4 is 10.6 Å². The SMILES string of the molecule is CCc1ccc(-n2cc(C(C)=O)nn2)cc1F.N#CCNC(=O)[C@H]1NC2CC[C@H]1C2. The Balaban J connectivity index is 0.000000177. The maximum absolute atomic E-state index is 13.6. The molecule has 0 spiro atoms. The van der Waals surface area contributed by atoms with Crippen LogP contribution in [-0.4, -0.2) is 45.3 Å². The van der Waals surface area contributed by atoms with E-state index in [4.69, 9.17) is 5.26 Å². The van der Waals surface area contributed by atoms with E-state index in [0.29, 0.717) is 29.6 Å². The van der Waals surface area contributed by atoms with Crippen molar-refractivity contribution >= 4 is 11.7 Å². The van der Waals surface area contributed by atoms with Crippen LogP contribution in [0.25, 0.3) is 5.69 Å². The van der Waals surface area contributed by atoms with E-state index < -0.39 is 0 Å². The van der Waals surface area contributed by atoms with Gasteiger partial charge in [0.05, 0.1) is 24.0 Å². The van der Waals surface area contributed by atoms with Gasteiger partial charge in [-0.2, -0.15) is 5.26 Å². The number of ketones is 1. The van der Waals surface area contributed by atoms with Crippen molar-refractivity contribution in [3.63, 3.8) is 0 Å². The Morgan fingerprint density at radius 2 is 2.20 bits per heavy atom. The molecule has 2 bridgehead atoms. The maximum atomic E-state index is 13.6. The van der Waals surface area contributed by atoms with Crippen LogP contribution >= 0.6 is 0 Å². The smallest absolute Gasteiger partial charge is 0.238 e. The number of nitrogens with zero attached hydrogens (tertiary/aromatic N) is 4.